The molecule has 4 fully saturated rings. The number of carbonyl (C=O) groups is 1. The van der Waals surface area contributed by atoms with Crippen LogP contribution in [0.15, 0.2) is 36.5 Å². The van der Waals surface area contributed by atoms with Gasteiger partial charge < -0.3 is 0 Å². The van der Waals surface area contributed by atoms with E-state index < -0.39 is 27.1 Å². The van der Waals surface area contributed by atoms with Crippen molar-refractivity contribution in [1.29, 1.82) is 0 Å². The lowest BCUT2D eigenvalue weighted by Crippen LogP contribution is -2.49. The van der Waals surface area contributed by atoms with Gasteiger partial charge in [-0.25, -0.2) is 0 Å². The SMILES string of the molecule is O=C(NNc1ccc([N+](=O)[O-])cc1[N+](=O)[O-])c1ccnc(C23CC4CC(CC(C4)C2)C3)c1. The van der Waals surface area contributed by atoms with E-state index in [0.717, 1.165) is 54.8 Å². The first-order valence-electron chi connectivity index (χ1n) is 10.8. The Balaban J connectivity index is 1.33. The summed E-state index contributed by atoms with van der Waals surface area (Å²) in [6.45, 7) is 0. The molecule has 0 atom stereocenters. The molecule has 4 saturated carbocycles. The van der Waals surface area contributed by atoms with Crippen LogP contribution < -0.4 is 10.9 Å². The number of hydrazine groups is 1. The largest absolute Gasteiger partial charge is 0.300 e. The number of pyridine rings is 1. The summed E-state index contributed by atoms with van der Waals surface area (Å²) < 4.78 is 0. The summed E-state index contributed by atoms with van der Waals surface area (Å²) in [5, 5.41) is 22.2. The lowest BCUT2D eigenvalue weighted by molar-refractivity contribution is -0.393. The Labute approximate surface area is 183 Å². The monoisotopic (exact) mass is 437 g/mol. The van der Waals surface area contributed by atoms with Crippen molar-refractivity contribution in [3.63, 3.8) is 0 Å². The normalized spacial score (nSPS) is 27.7. The molecule has 0 saturated heterocycles. The third-order valence-corrected chi connectivity index (χ3v) is 7.30. The number of nitrogens with zero attached hydrogens (tertiary/aromatic N) is 3. The molecule has 0 radical (unpaired) electrons. The van der Waals surface area contributed by atoms with Crippen LogP contribution in [0.4, 0.5) is 17.1 Å². The number of nitrogens with one attached hydrogen (secondary N) is 2. The Morgan fingerprint density at radius 1 is 0.969 bits per heavy atom. The molecule has 0 spiro atoms. The Bertz CT molecular complexity index is 1080. The summed E-state index contributed by atoms with van der Waals surface area (Å²) in [6, 6.07) is 6.65. The summed E-state index contributed by atoms with van der Waals surface area (Å²) in [4.78, 5) is 38.1. The van der Waals surface area contributed by atoms with Gasteiger partial charge in [-0.2, -0.15) is 0 Å². The van der Waals surface area contributed by atoms with Crippen molar-refractivity contribution in [1.82, 2.24) is 10.4 Å². The highest BCUT2D eigenvalue weighted by atomic mass is 16.6. The van der Waals surface area contributed by atoms with E-state index in [4.69, 9.17) is 0 Å². The minimum absolute atomic E-state index is 0.0377. The number of carbonyl (C=O) groups excluding carboxylic acids is 1. The van der Waals surface area contributed by atoms with E-state index in [1.165, 1.54) is 25.3 Å². The molecular formula is C22H23N5O5. The Kier molecular flexibility index (Phi) is 4.79. The number of hydrogen-bond donors (Lipinski definition) is 2. The van der Waals surface area contributed by atoms with Gasteiger partial charge in [0, 0.05) is 28.9 Å². The van der Waals surface area contributed by atoms with E-state index in [0.29, 0.717) is 5.56 Å². The molecule has 166 valence electrons. The van der Waals surface area contributed by atoms with Crippen LogP contribution in [0.5, 0.6) is 0 Å². The summed E-state index contributed by atoms with van der Waals surface area (Å²) >= 11 is 0. The molecule has 1 aromatic heterocycles. The van der Waals surface area contributed by atoms with Gasteiger partial charge in [0.2, 0.25) is 0 Å². The molecule has 2 N–H and O–H groups in total. The van der Waals surface area contributed by atoms with E-state index >= 15 is 0 Å². The smallest absolute Gasteiger partial charge is 0.292 e. The van der Waals surface area contributed by atoms with Crippen LogP contribution in [0.2, 0.25) is 0 Å². The lowest BCUT2D eigenvalue weighted by atomic mass is 9.48. The van der Waals surface area contributed by atoms with Crippen LogP contribution in [-0.4, -0.2) is 20.7 Å². The highest BCUT2D eigenvalue weighted by molar-refractivity contribution is 5.95. The predicted molar refractivity (Wildman–Crippen MR) is 115 cm³/mol. The maximum absolute atomic E-state index is 12.8. The molecule has 10 heteroatoms. The highest BCUT2D eigenvalue weighted by Crippen LogP contribution is 2.60. The maximum Gasteiger partial charge on any atom is 0.300 e. The fourth-order valence-corrected chi connectivity index (χ4v) is 6.37. The molecule has 1 aromatic carbocycles. The van der Waals surface area contributed by atoms with Gasteiger partial charge in [-0.1, -0.05) is 0 Å². The van der Waals surface area contributed by atoms with Crippen LogP contribution in [-0.2, 0) is 5.41 Å². The van der Waals surface area contributed by atoms with Gasteiger partial charge in [-0.15, -0.1) is 0 Å². The van der Waals surface area contributed by atoms with E-state index in [1.807, 2.05) is 6.07 Å². The lowest BCUT2D eigenvalue weighted by Gasteiger charge is -2.56. The summed E-state index contributed by atoms with van der Waals surface area (Å²) in [6.07, 6.45) is 8.99. The van der Waals surface area contributed by atoms with Crippen LogP contribution in [0, 0.1) is 38.0 Å². The maximum atomic E-state index is 12.8. The minimum atomic E-state index is -0.737. The van der Waals surface area contributed by atoms with E-state index in [9.17, 15) is 25.0 Å². The highest BCUT2D eigenvalue weighted by Gasteiger charge is 2.52. The standard InChI is InChI=1S/C22H23N5O5/c28-21(25-24-18-2-1-17(26(29)30)9-19(18)27(31)32)16-3-4-23-20(8-16)22-10-13-5-14(11-22)7-15(6-13)12-22/h1-4,8-9,13-15,24H,5-7,10-12H2,(H,25,28). The second-order valence-corrected chi connectivity index (χ2v) is 9.42. The number of rotatable bonds is 6. The van der Waals surface area contributed by atoms with Crippen LogP contribution in [0.3, 0.4) is 0 Å². The van der Waals surface area contributed by atoms with Gasteiger partial charge in [0.05, 0.1) is 15.9 Å². The Morgan fingerprint density at radius 3 is 2.22 bits per heavy atom. The van der Waals surface area contributed by atoms with E-state index in [2.05, 4.69) is 15.8 Å². The Morgan fingerprint density at radius 2 is 1.62 bits per heavy atom. The average molecular weight is 437 g/mol. The molecule has 0 aliphatic heterocycles. The first-order chi connectivity index (χ1) is 15.3. The quantitative estimate of drug-likeness (QED) is 0.511. The van der Waals surface area contributed by atoms with Gasteiger partial charge in [0.25, 0.3) is 11.6 Å². The summed E-state index contributed by atoms with van der Waals surface area (Å²) in [5.41, 5.74) is 5.50. The first-order valence-corrected chi connectivity index (χ1v) is 10.8. The van der Waals surface area contributed by atoms with Gasteiger partial charge in [0.15, 0.2) is 0 Å². The molecule has 0 unspecified atom stereocenters. The zero-order valence-corrected chi connectivity index (χ0v) is 17.3. The van der Waals surface area contributed by atoms with Crippen molar-refractivity contribution >= 4 is 23.0 Å². The van der Waals surface area contributed by atoms with Crippen molar-refractivity contribution in [2.75, 3.05) is 5.43 Å². The van der Waals surface area contributed by atoms with Crippen molar-refractivity contribution in [2.24, 2.45) is 17.8 Å². The zero-order chi connectivity index (χ0) is 22.5. The number of benzene rings is 1. The topological polar surface area (TPSA) is 140 Å². The van der Waals surface area contributed by atoms with Crippen LogP contribution in [0.25, 0.3) is 0 Å². The third kappa shape index (κ3) is 3.55. The number of nitro groups is 2. The molecule has 2 aromatic rings. The first kappa shape index (κ1) is 20.3. The van der Waals surface area contributed by atoms with E-state index in [1.54, 1.807) is 12.3 Å². The molecule has 1 heterocycles. The number of nitro benzene ring substituents is 2. The summed E-state index contributed by atoms with van der Waals surface area (Å²) in [7, 11) is 0. The molecule has 4 bridgehead atoms. The number of aromatic nitrogens is 1. The van der Waals surface area contributed by atoms with Gasteiger partial charge in [-0.3, -0.25) is 40.9 Å². The van der Waals surface area contributed by atoms with Crippen LogP contribution in [0.1, 0.15) is 54.6 Å². The van der Waals surface area contributed by atoms with Crippen LogP contribution >= 0.6 is 0 Å². The second kappa shape index (κ2) is 7.54. The van der Waals surface area contributed by atoms with Crippen molar-refractivity contribution in [3.8, 4) is 0 Å². The fourth-order valence-electron chi connectivity index (χ4n) is 6.37. The predicted octanol–water partition coefficient (Wildman–Crippen LogP) is 4.12. The summed E-state index contributed by atoms with van der Waals surface area (Å²) in [5.74, 6) is 1.81. The zero-order valence-electron chi connectivity index (χ0n) is 17.3. The molecule has 6 rings (SSSR count). The fraction of sp³-hybridized carbons (Fsp3) is 0.455. The molecule has 32 heavy (non-hydrogen) atoms. The second-order valence-electron chi connectivity index (χ2n) is 9.42. The molecule has 1 amide bonds. The Hall–Kier alpha value is -3.56. The minimum Gasteiger partial charge on any atom is -0.292 e. The number of hydrogen-bond acceptors (Lipinski definition) is 7. The van der Waals surface area contributed by atoms with Gasteiger partial charge >= 0.3 is 5.69 Å². The van der Waals surface area contributed by atoms with E-state index in [-0.39, 0.29) is 11.1 Å². The van der Waals surface area contributed by atoms with Crippen molar-refractivity contribution < 1.29 is 14.6 Å². The van der Waals surface area contributed by atoms with Gasteiger partial charge in [-0.05, 0) is 74.5 Å². The number of non-ortho nitro benzene ring substituents is 1. The van der Waals surface area contributed by atoms with Crippen molar-refractivity contribution in [2.45, 2.75) is 43.9 Å². The molecule has 10 nitrogen and oxygen atoms in total. The van der Waals surface area contributed by atoms with Crippen molar-refractivity contribution in [3.05, 3.63) is 68.0 Å². The van der Waals surface area contributed by atoms with Gasteiger partial charge in [0.1, 0.15) is 5.69 Å². The number of anilines is 1. The molecular weight excluding hydrogens is 414 g/mol. The number of amides is 1. The third-order valence-electron chi connectivity index (χ3n) is 7.30. The molecule has 4 aliphatic carbocycles. The molecule has 4 aliphatic rings. The average Bonchev–Trinajstić information content (AvgIpc) is 2.76.